The van der Waals surface area contributed by atoms with Crippen molar-refractivity contribution in [1.29, 1.82) is 0 Å². The quantitative estimate of drug-likeness (QED) is 0.450. The zero-order valence-electron chi connectivity index (χ0n) is 23.1. The van der Waals surface area contributed by atoms with E-state index in [1.54, 1.807) is 11.1 Å². The summed E-state index contributed by atoms with van der Waals surface area (Å²) in [6.07, 6.45) is 39.4. The summed E-state index contributed by atoms with van der Waals surface area (Å²) >= 11 is 0. The van der Waals surface area contributed by atoms with Crippen molar-refractivity contribution in [2.75, 3.05) is 19.6 Å². The average Bonchev–Trinajstić information content (AvgIpc) is 3.35. The third kappa shape index (κ3) is 4.22. The second kappa shape index (κ2) is 10.2. The van der Waals surface area contributed by atoms with E-state index in [1.165, 1.54) is 37.8 Å². The number of piperidine rings is 1. The van der Waals surface area contributed by atoms with Crippen LogP contribution in [0.2, 0.25) is 0 Å². The van der Waals surface area contributed by atoms with E-state index in [9.17, 15) is 0 Å². The monoisotopic (exact) mass is 520 g/mol. The van der Waals surface area contributed by atoms with Crippen LogP contribution in [0, 0.1) is 35.5 Å². The molecule has 0 aromatic carbocycles. The molecule has 4 nitrogen and oxygen atoms in total. The number of hydrogen-bond acceptors (Lipinski definition) is 4. The molecule has 8 aliphatic rings. The second-order valence-electron chi connectivity index (χ2n) is 13.1. The molecule has 4 aliphatic carbocycles. The molecule has 2 fully saturated rings. The number of nitrogens with one attached hydrogen (secondary N) is 3. The zero-order chi connectivity index (χ0) is 25.8. The number of nitrogens with zero attached hydrogens (tertiary/aromatic N) is 1. The largest absolute Gasteiger partial charge is 0.388 e. The van der Waals surface area contributed by atoms with E-state index in [1.807, 2.05) is 0 Å². The number of hydrogen-bond donors (Lipinski definition) is 3. The van der Waals surface area contributed by atoms with Crippen LogP contribution in [-0.2, 0) is 0 Å². The van der Waals surface area contributed by atoms with Gasteiger partial charge in [-0.2, -0.15) is 0 Å². The van der Waals surface area contributed by atoms with E-state index < -0.39 is 0 Å². The Labute approximate surface area is 234 Å². The van der Waals surface area contributed by atoms with Gasteiger partial charge >= 0.3 is 0 Å². The molecule has 0 amide bonds. The van der Waals surface area contributed by atoms with Crippen molar-refractivity contribution in [3.8, 4) is 0 Å². The lowest BCUT2D eigenvalue weighted by Crippen LogP contribution is -2.53. The highest BCUT2D eigenvalue weighted by atomic mass is 15.3. The van der Waals surface area contributed by atoms with Crippen LogP contribution in [0.3, 0.4) is 0 Å². The SMILES string of the molecule is C1=CC2CCNC(C3CC=C(C4C=CC5C(C4)C4C6=C(C=CC4N5C4C=CCCN4)CCC=C6)NC3)C2C=C1. The highest BCUT2D eigenvalue weighted by molar-refractivity contribution is 5.46. The average molecular weight is 521 g/mol. The smallest absolute Gasteiger partial charge is 0.0799 e. The normalized spacial score (nSPS) is 44.4. The molecule has 10 atom stereocenters. The van der Waals surface area contributed by atoms with Crippen LogP contribution >= 0.6 is 0 Å². The minimum atomic E-state index is 0.338. The van der Waals surface area contributed by atoms with Crippen molar-refractivity contribution < 1.29 is 0 Å². The summed E-state index contributed by atoms with van der Waals surface area (Å²) in [5.41, 5.74) is 4.72. The molecule has 0 aromatic heterocycles. The Balaban J connectivity index is 1.04. The summed E-state index contributed by atoms with van der Waals surface area (Å²) in [6, 6.07) is 1.56. The molecule has 0 aromatic rings. The van der Waals surface area contributed by atoms with E-state index in [2.05, 4.69) is 99.8 Å². The predicted octanol–water partition coefficient (Wildman–Crippen LogP) is 5.15. The molecule has 10 unspecified atom stereocenters. The Bertz CT molecular complexity index is 1210. The molecule has 39 heavy (non-hydrogen) atoms. The summed E-state index contributed by atoms with van der Waals surface area (Å²) in [7, 11) is 0. The molecule has 204 valence electrons. The maximum absolute atomic E-state index is 3.97. The zero-order valence-corrected chi connectivity index (χ0v) is 23.1. The fourth-order valence-electron chi connectivity index (χ4n) is 9.30. The maximum atomic E-state index is 3.97. The van der Waals surface area contributed by atoms with Gasteiger partial charge in [0.05, 0.1) is 6.17 Å². The van der Waals surface area contributed by atoms with Gasteiger partial charge in [-0.05, 0) is 79.9 Å². The molecular weight excluding hydrogens is 476 g/mol. The van der Waals surface area contributed by atoms with Gasteiger partial charge in [0.25, 0.3) is 0 Å². The van der Waals surface area contributed by atoms with Crippen molar-refractivity contribution in [3.05, 3.63) is 95.8 Å². The van der Waals surface area contributed by atoms with Gasteiger partial charge in [0.1, 0.15) is 0 Å². The lowest BCUT2D eigenvalue weighted by Gasteiger charge is -2.43. The molecule has 8 rings (SSSR count). The van der Waals surface area contributed by atoms with Crippen LogP contribution in [0.1, 0.15) is 38.5 Å². The van der Waals surface area contributed by atoms with E-state index in [-0.39, 0.29) is 0 Å². The van der Waals surface area contributed by atoms with Gasteiger partial charge in [-0.15, -0.1) is 0 Å². The summed E-state index contributed by atoms with van der Waals surface area (Å²) in [4.78, 5) is 2.80. The highest BCUT2D eigenvalue weighted by Gasteiger charge is 2.53. The number of likely N-dealkylation sites (tertiary alicyclic amines) is 1. The summed E-state index contributed by atoms with van der Waals surface area (Å²) in [5.74, 6) is 3.79. The van der Waals surface area contributed by atoms with Crippen molar-refractivity contribution >= 4 is 0 Å². The van der Waals surface area contributed by atoms with E-state index in [0.29, 0.717) is 59.8 Å². The van der Waals surface area contributed by atoms with Gasteiger partial charge in [0.2, 0.25) is 0 Å². The van der Waals surface area contributed by atoms with Gasteiger partial charge in [0, 0.05) is 48.7 Å². The van der Waals surface area contributed by atoms with Crippen LogP contribution in [0.5, 0.6) is 0 Å². The molecule has 4 heteroatoms. The minimum absolute atomic E-state index is 0.338. The second-order valence-corrected chi connectivity index (χ2v) is 13.1. The molecule has 0 saturated carbocycles. The van der Waals surface area contributed by atoms with Crippen LogP contribution in [0.4, 0.5) is 0 Å². The fraction of sp³-hybridized carbons (Fsp3) is 0.543. The molecular formula is C35H44N4. The van der Waals surface area contributed by atoms with Crippen LogP contribution < -0.4 is 16.0 Å². The Morgan fingerprint density at radius 1 is 0.846 bits per heavy atom. The third-order valence-electron chi connectivity index (χ3n) is 11.1. The molecule has 0 spiro atoms. The van der Waals surface area contributed by atoms with Gasteiger partial charge in [-0.1, -0.05) is 79.0 Å². The Hall–Kier alpha value is -2.40. The topological polar surface area (TPSA) is 39.3 Å². The van der Waals surface area contributed by atoms with Gasteiger partial charge < -0.3 is 10.6 Å². The standard InChI is InChI=1S/C35H44N4/c1-3-9-27-23(7-1)13-17-32-34(27)29-21-25(14-16-31(29)39(32)33-11-5-6-19-36-33)30-15-12-26(22-38-30)35-28-10-4-2-8-24(28)18-20-37-35/h2-5,8-11,13-17,24-26,28-29,31-38H,1,6-7,12,18-22H2. The van der Waals surface area contributed by atoms with Crippen molar-refractivity contribution in [2.24, 2.45) is 35.5 Å². The molecule has 0 radical (unpaired) electrons. The Morgan fingerprint density at radius 3 is 2.72 bits per heavy atom. The predicted molar refractivity (Wildman–Crippen MR) is 160 cm³/mol. The number of rotatable bonds is 3. The van der Waals surface area contributed by atoms with Crippen molar-refractivity contribution in [1.82, 2.24) is 20.9 Å². The van der Waals surface area contributed by atoms with Crippen molar-refractivity contribution in [2.45, 2.75) is 62.8 Å². The van der Waals surface area contributed by atoms with Crippen LogP contribution in [-0.4, -0.2) is 48.8 Å². The highest BCUT2D eigenvalue weighted by Crippen LogP contribution is 2.51. The van der Waals surface area contributed by atoms with Gasteiger partial charge in [0.15, 0.2) is 0 Å². The summed E-state index contributed by atoms with van der Waals surface area (Å²) in [6.45, 7) is 3.33. The first-order chi connectivity index (χ1) is 19.3. The first-order valence-electron chi connectivity index (χ1n) is 15.8. The van der Waals surface area contributed by atoms with Gasteiger partial charge in [-0.25, -0.2) is 0 Å². The first kappa shape index (κ1) is 24.4. The molecule has 4 heterocycles. The molecule has 3 N–H and O–H groups in total. The molecule has 2 saturated heterocycles. The summed E-state index contributed by atoms with van der Waals surface area (Å²) < 4.78 is 0. The fourth-order valence-corrected chi connectivity index (χ4v) is 9.30. The summed E-state index contributed by atoms with van der Waals surface area (Å²) in [5, 5.41) is 11.7. The Morgan fingerprint density at radius 2 is 1.82 bits per heavy atom. The first-order valence-corrected chi connectivity index (χ1v) is 15.8. The van der Waals surface area contributed by atoms with Crippen LogP contribution in [0.15, 0.2) is 95.8 Å². The third-order valence-corrected chi connectivity index (χ3v) is 11.1. The van der Waals surface area contributed by atoms with Crippen LogP contribution in [0.25, 0.3) is 0 Å². The molecule has 0 bridgehead atoms. The maximum Gasteiger partial charge on any atom is 0.0799 e. The van der Waals surface area contributed by atoms with Crippen molar-refractivity contribution in [3.63, 3.8) is 0 Å². The number of allylic oxidation sites excluding steroid dienone is 9. The number of fused-ring (bicyclic) bond motifs is 5. The minimum Gasteiger partial charge on any atom is -0.388 e. The van der Waals surface area contributed by atoms with E-state index in [4.69, 9.17) is 0 Å². The Kier molecular flexibility index (Phi) is 6.39. The van der Waals surface area contributed by atoms with E-state index >= 15 is 0 Å². The van der Waals surface area contributed by atoms with E-state index in [0.717, 1.165) is 26.1 Å². The lowest BCUT2D eigenvalue weighted by atomic mass is 9.69. The van der Waals surface area contributed by atoms with Gasteiger partial charge in [-0.3, -0.25) is 10.2 Å². The lowest BCUT2D eigenvalue weighted by molar-refractivity contribution is 0.154. The molecule has 4 aliphatic heterocycles.